The summed E-state index contributed by atoms with van der Waals surface area (Å²) in [5.41, 5.74) is 5.64. The van der Waals surface area contributed by atoms with Crippen LogP contribution in [0.2, 0.25) is 0 Å². The maximum atomic E-state index is 12.3. The van der Waals surface area contributed by atoms with Crippen molar-refractivity contribution in [2.75, 3.05) is 5.75 Å². The van der Waals surface area contributed by atoms with E-state index >= 15 is 0 Å². The van der Waals surface area contributed by atoms with Crippen LogP contribution < -0.4 is 15.2 Å². The number of carbonyl (C=O) groups excluding carboxylic acids is 1. The lowest BCUT2D eigenvalue weighted by molar-refractivity contribution is -0.125. The number of nitrogens with one attached hydrogen (secondary N) is 1. The first kappa shape index (κ1) is 20.9. The number of benzene rings is 2. The van der Waals surface area contributed by atoms with Crippen LogP contribution >= 0.6 is 0 Å². The molecule has 0 bridgehead atoms. The second kappa shape index (κ2) is 8.54. The molecule has 27 heavy (non-hydrogen) atoms. The Hall–Kier alpha value is -2.38. The van der Waals surface area contributed by atoms with E-state index in [9.17, 15) is 13.2 Å². The number of primary amides is 1. The van der Waals surface area contributed by atoms with Gasteiger partial charge < -0.3 is 10.5 Å². The van der Waals surface area contributed by atoms with Crippen molar-refractivity contribution in [3.8, 4) is 5.75 Å². The van der Waals surface area contributed by atoms with Gasteiger partial charge in [0.1, 0.15) is 17.9 Å². The van der Waals surface area contributed by atoms with Crippen LogP contribution in [0.1, 0.15) is 31.9 Å². The summed E-state index contributed by atoms with van der Waals surface area (Å²) < 4.78 is 32.6. The molecule has 2 aromatic rings. The van der Waals surface area contributed by atoms with Gasteiger partial charge in [-0.25, -0.2) is 8.42 Å². The highest BCUT2D eigenvalue weighted by Crippen LogP contribution is 2.32. The number of carbonyl (C=O) groups is 1. The molecule has 3 N–H and O–H groups in total. The van der Waals surface area contributed by atoms with Crippen molar-refractivity contribution in [3.05, 3.63) is 65.7 Å². The zero-order valence-corrected chi connectivity index (χ0v) is 16.6. The molecule has 0 fully saturated rings. The standard InChI is InChI=1S/C20H26N2O4S/c1-4-27(24,25)22-20(15(2)3,19(21)23)17-10-12-18(13-11-17)26-14-16-8-6-5-7-9-16/h5-13,15,22H,4,14H2,1-3H3,(H2,21,23). The largest absolute Gasteiger partial charge is 0.489 e. The van der Waals surface area contributed by atoms with E-state index in [-0.39, 0.29) is 11.7 Å². The van der Waals surface area contributed by atoms with Gasteiger partial charge in [0.15, 0.2) is 0 Å². The Labute approximate surface area is 160 Å². The Morgan fingerprint density at radius 2 is 1.70 bits per heavy atom. The van der Waals surface area contributed by atoms with Crippen LogP contribution in [0.3, 0.4) is 0 Å². The van der Waals surface area contributed by atoms with Gasteiger partial charge in [-0.05, 0) is 36.1 Å². The van der Waals surface area contributed by atoms with E-state index in [2.05, 4.69) is 4.72 Å². The molecule has 146 valence electrons. The molecule has 0 aromatic heterocycles. The number of hydrogen-bond donors (Lipinski definition) is 2. The SMILES string of the molecule is CCS(=O)(=O)NC(C(N)=O)(c1ccc(OCc2ccccc2)cc1)C(C)C. The summed E-state index contributed by atoms with van der Waals surface area (Å²) in [4.78, 5) is 12.3. The Balaban J connectivity index is 2.30. The van der Waals surface area contributed by atoms with Crippen LogP contribution in [0.5, 0.6) is 5.75 Å². The van der Waals surface area contributed by atoms with Gasteiger partial charge in [-0.15, -0.1) is 0 Å². The Kier molecular flexibility index (Phi) is 6.62. The van der Waals surface area contributed by atoms with Crippen LogP contribution in [0, 0.1) is 5.92 Å². The summed E-state index contributed by atoms with van der Waals surface area (Å²) >= 11 is 0. The molecular formula is C20H26N2O4S. The van der Waals surface area contributed by atoms with Crippen molar-refractivity contribution in [1.29, 1.82) is 0 Å². The third-order valence-electron chi connectivity index (χ3n) is 4.51. The van der Waals surface area contributed by atoms with Gasteiger partial charge in [-0.2, -0.15) is 4.72 Å². The first-order chi connectivity index (χ1) is 12.7. The average molecular weight is 391 g/mol. The average Bonchev–Trinajstić information content (AvgIpc) is 2.65. The van der Waals surface area contributed by atoms with Crippen LogP contribution in [0.25, 0.3) is 0 Å². The quantitative estimate of drug-likeness (QED) is 0.687. The molecule has 0 aliphatic rings. The van der Waals surface area contributed by atoms with Gasteiger partial charge >= 0.3 is 0 Å². The minimum atomic E-state index is -3.65. The van der Waals surface area contributed by atoms with Crippen molar-refractivity contribution in [2.45, 2.75) is 32.9 Å². The first-order valence-corrected chi connectivity index (χ1v) is 10.5. The Bertz CT molecular complexity index is 865. The van der Waals surface area contributed by atoms with Crippen molar-refractivity contribution < 1.29 is 17.9 Å². The number of nitrogens with two attached hydrogens (primary N) is 1. The lowest BCUT2D eigenvalue weighted by Crippen LogP contribution is -2.58. The zero-order valence-electron chi connectivity index (χ0n) is 15.8. The number of hydrogen-bond acceptors (Lipinski definition) is 4. The number of rotatable bonds is 9. The highest BCUT2D eigenvalue weighted by atomic mass is 32.2. The van der Waals surface area contributed by atoms with Gasteiger partial charge in [-0.3, -0.25) is 4.79 Å². The zero-order chi connectivity index (χ0) is 20.1. The second-order valence-corrected chi connectivity index (χ2v) is 8.64. The van der Waals surface area contributed by atoms with E-state index in [4.69, 9.17) is 10.5 Å². The van der Waals surface area contributed by atoms with Crippen molar-refractivity contribution in [1.82, 2.24) is 4.72 Å². The molecule has 1 unspecified atom stereocenters. The van der Waals surface area contributed by atoms with Gasteiger partial charge in [0, 0.05) is 0 Å². The lowest BCUT2D eigenvalue weighted by atomic mass is 9.80. The van der Waals surface area contributed by atoms with Crippen LogP contribution in [-0.2, 0) is 27.0 Å². The summed E-state index contributed by atoms with van der Waals surface area (Å²) in [5.74, 6) is -0.657. The number of ether oxygens (including phenoxy) is 1. The molecule has 0 aliphatic carbocycles. The summed E-state index contributed by atoms with van der Waals surface area (Å²) in [6, 6.07) is 16.5. The monoisotopic (exact) mass is 390 g/mol. The molecule has 6 nitrogen and oxygen atoms in total. The van der Waals surface area contributed by atoms with Gasteiger partial charge in [0.05, 0.1) is 5.75 Å². The highest BCUT2D eigenvalue weighted by Gasteiger charge is 2.44. The Morgan fingerprint density at radius 3 is 2.19 bits per heavy atom. The minimum absolute atomic E-state index is 0.146. The molecule has 2 rings (SSSR count). The van der Waals surface area contributed by atoms with Crippen molar-refractivity contribution in [3.63, 3.8) is 0 Å². The topological polar surface area (TPSA) is 98.5 Å². The molecule has 0 aliphatic heterocycles. The van der Waals surface area contributed by atoms with E-state index < -0.39 is 21.5 Å². The van der Waals surface area contributed by atoms with Gasteiger partial charge in [-0.1, -0.05) is 56.3 Å². The fourth-order valence-electron chi connectivity index (χ4n) is 2.86. The highest BCUT2D eigenvalue weighted by molar-refractivity contribution is 7.89. The number of sulfonamides is 1. The van der Waals surface area contributed by atoms with Crippen LogP contribution in [0.4, 0.5) is 0 Å². The fourth-order valence-corrected chi connectivity index (χ4v) is 3.95. The molecule has 7 heteroatoms. The van der Waals surface area contributed by atoms with E-state index in [0.717, 1.165) is 5.56 Å². The molecule has 0 saturated carbocycles. The maximum absolute atomic E-state index is 12.3. The fraction of sp³-hybridized carbons (Fsp3) is 0.350. The molecule has 0 saturated heterocycles. The summed E-state index contributed by atoms with van der Waals surface area (Å²) in [6.45, 7) is 5.42. The predicted octanol–water partition coefficient (Wildman–Crippen LogP) is 2.54. The summed E-state index contributed by atoms with van der Waals surface area (Å²) in [5, 5.41) is 0. The van der Waals surface area contributed by atoms with E-state index in [1.165, 1.54) is 6.92 Å². The Morgan fingerprint density at radius 1 is 1.11 bits per heavy atom. The van der Waals surface area contributed by atoms with E-state index in [0.29, 0.717) is 17.9 Å². The lowest BCUT2D eigenvalue weighted by Gasteiger charge is -2.35. The third-order valence-corrected chi connectivity index (χ3v) is 5.90. The van der Waals surface area contributed by atoms with Gasteiger partial charge in [0.25, 0.3) is 0 Å². The normalized spacial score (nSPS) is 13.9. The smallest absolute Gasteiger partial charge is 0.243 e. The predicted molar refractivity (Wildman–Crippen MR) is 106 cm³/mol. The minimum Gasteiger partial charge on any atom is -0.489 e. The second-order valence-electron chi connectivity index (χ2n) is 6.63. The molecule has 2 aromatic carbocycles. The summed E-state index contributed by atoms with van der Waals surface area (Å²) in [6.07, 6.45) is 0. The summed E-state index contributed by atoms with van der Waals surface area (Å²) in [7, 11) is -3.65. The molecule has 1 amide bonds. The van der Waals surface area contributed by atoms with E-state index in [1.807, 2.05) is 30.3 Å². The molecule has 0 radical (unpaired) electrons. The van der Waals surface area contributed by atoms with E-state index in [1.54, 1.807) is 38.1 Å². The van der Waals surface area contributed by atoms with Crippen LogP contribution in [-0.4, -0.2) is 20.1 Å². The van der Waals surface area contributed by atoms with Crippen LogP contribution in [0.15, 0.2) is 54.6 Å². The van der Waals surface area contributed by atoms with Gasteiger partial charge in [0.2, 0.25) is 15.9 Å². The van der Waals surface area contributed by atoms with Crippen molar-refractivity contribution >= 4 is 15.9 Å². The maximum Gasteiger partial charge on any atom is 0.243 e. The number of amides is 1. The molecular weight excluding hydrogens is 364 g/mol. The molecule has 0 spiro atoms. The third kappa shape index (κ3) is 4.87. The van der Waals surface area contributed by atoms with Crippen molar-refractivity contribution in [2.24, 2.45) is 11.7 Å². The molecule has 1 atom stereocenters. The molecule has 0 heterocycles. The first-order valence-electron chi connectivity index (χ1n) is 8.80.